The Bertz CT molecular complexity index is 317. The lowest BCUT2D eigenvalue weighted by Crippen LogP contribution is -2.06. The van der Waals surface area contributed by atoms with Crippen molar-refractivity contribution < 1.29 is 8.78 Å². The second-order valence-electron chi connectivity index (χ2n) is 2.20. The van der Waals surface area contributed by atoms with Crippen molar-refractivity contribution in [3.8, 4) is 6.19 Å². The predicted molar refractivity (Wildman–Crippen MR) is 38.8 cm³/mol. The van der Waals surface area contributed by atoms with Crippen LogP contribution in [0.2, 0.25) is 0 Å². The molecule has 62 valence electrons. The maximum absolute atomic E-state index is 12.8. The van der Waals surface area contributed by atoms with Crippen molar-refractivity contribution in [2.75, 3.05) is 0 Å². The largest absolute Gasteiger partial charge is 0.319 e. The molecule has 0 aromatic heterocycles. The summed E-state index contributed by atoms with van der Waals surface area (Å²) in [7, 11) is 0. The first-order valence-corrected chi connectivity index (χ1v) is 3.30. The van der Waals surface area contributed by atoms with Gasteiger partial charge < -0.3 is 5.32 Å². The summed E-state index contributed by atoms with van der Waals surface area (Å²) in [4.78, 5) is 0. The lowest BCUT2D eigenvalue weighted by Gasteiger charge is -2.00. The van der Waals surface area contributed by atoms with Gasteiger partial charge in [0.15, 0.2) is 6.19 Å². The quantitative estimate of drug-likeness (QED) is 0.537. The number of hydrogen-bond donors (Lipinski definition) is 1. The third-order valence-corrected chi connectivity index (χ3v) is 1.37. The van der Waals surface area contributed by atoms with Gasteiger partial charge in [-0.25, -0.2) is 8.78 Å². The minimum atomic E-state index is -0.515. The van der Waals surface area contributed by atoms with Crippen LogP contribution in [0.1, 0.15) is 5.56 Å². The predicted octanol–water partition coefficient (Wildman–Crippen LogP) is 1.54. The van der Waals surface area contributed by atoms with Crippen LogP contribution in [-0.2, 0) is 6.54 Å². The van der Waals surface area contributed by atoms with Crippen molar-refractivity contribution in [3.63, 3.8) is 0 Å². The van der Waals surface area contributed by atoms with Crippen molar-refractivity contribution >= 4 is 0 Å². The highest BCUT2D eigenvalue weighted by molar-refractivity contribution is 5.18. The van der Waals surface area contributed by atoms with Crippen LogP contribution in [0.5, 0.6) is 0 Å². The van der Waals surface area contributed by atoms with Crippen LogP contribution in [-0.4, -0.2) is 0 Å². The molecule has 0 saturated heterocycles. The lowest BCUT2D eigenvalue weighted by molar-refractivity contribution is 0.581. The van der Waals surface area contributed by atoms with E-state index in [4.69, 9.17) is 5.26 Å². The van der Waals surface area contributed by atoms with Crippen molar-refractivity contribution in [3.05, 3.63) is 35.4 Å². The number of benzene rings is 1. The molecule has 0 aliphatic heterocycles. The normalized spacial score (nSPS) is 9.08. The first kappa shape index (κ1) is 8.47. The van der Waals surface area contributed by atoms with Crippen LogP contribution in [0.15, 0.2) is 18.2 Å². The molecule has 12 heavy (non-hydrogen) atoms. The summed E-state index contributed by atoms with van der Waals surface area (Å²) in [5.74, 6) is -1.02. The monoisotopic (exact) mass is 168 g/mol. The van der Waals surface area contributed by atoms with Gasteiger partial charge in [0.1, 0.15) is 11.6 Å². The Balaban J connectivity index is 2.84. The first-order valence-electron chi connectivity index (χ1n) is 3.30. The lowest BCUT2D eigenvalue weighted by atomic mass is 10.2. The van der Waals surface area contributed by atoms with Crippen LogP contribution in [0.25, 0.3) is 0 Å². The molecule has 2 nitrogen and oxygen atoms in total. The maximum Gasteiger partial charge on any atom is 0.176 e. The molecule has 0 amide bonds. The standard InChI is InChI=1S/C8H6F2N2/c9-7-1-2-8(10)6(3-7)4-12-5-11/h1-3,12H,4H2. The highest BCUT2D eigenvalue weighted by Gasteiger charge is 2.01. The van der Waals surface area contributed by atoms with E-state index in [1.54, 1.807) is 6.19 Å². The molecule has 0 unspecified atom stereocenters. The van der Waals surface area contributed by atoms with E-state index in [1.165, 1.54) is 0 Å². The zero-order valence-electron chi connectivity index (χ0n) is 6.14. The second kappa shape index (κ2) is 3.67. The Labute approximate surface area is 68.4 Å². The van der Waals surface area contributed by atoms with E-state index in [0.29, 0.717) is 0 Å². The molecule has 1 N–H and O–H groups in total. The Morgan fingerprint density at radius 1 is 1.42 bits per heavy atom. The number of halogens is 2. The van der Waals surface area contributed by atoms with Crippen LogP contribution in [0.3, 0.4) is 0 Å². The summed E-state index contributed by atoms with van der Waals surface area (Å²) in [6.07, 6.45) is 1.62. The highest BCUT2D eigenvalue weighted by Crippen LogP contribution is 2.08. The van der Waals surface area contributed by atoms with Crippen LogP contribution < -0.4 is 5.32 Å². The van der Waals surface area contributed by atoms with Gasteiger partial charge in [-0.3, -0.25) is 0 Å². The molecule has 1 aromatic carbocycles. The molecule has 1 aromatic rings. The van der Waals surface area contributed by atoms with Gasteiger partial charge in [0.25, 0.3) is 0 Å². The van der Waals surface area contributed by atoms with E-state index < -0.39 is 11.6 Å². The summed E-state index contributed by atoms with van der Waals surface area (Å²) in [6.45, 7) is 0.0140. The Morgan fingerprint density at radius 3 is 2.83 bits per heavy atom. The fourth-order valence-electron chi connectivity index (χ4n) is 0.814. The molecule has 0 heterocycles. The molecule has 0 aliphatic carbocycles. The Kier molecular flexibility index (Phi) is 2.59. The third-order valence-electron chi connectivity index (χ3n) is 1.37. The summed E-state index contributed by atoms with van der Waals surface area (Å²) in [5, 5.41) is 10.3. The number of nitrogens with zero attached hydrogens (tertiary/aromatic N) is 1. The number of nitriles is 1. The molecule has 0 fully saturated rings. The van der Waals surface area contributed by atoms with Gasteiger partial charge >= 0.3 is 0 Å². The summed E-state index contributed by atoms with van der Waals surface area (Å²) >= 11 is 0. The van der Waals surface area contributed by atoms with Gasteiger partial charge in [0, 0.05) is 5.56 Å². The molecular formula is C8H6F2N2. The fourth-order valence-corrected chi connectivity index (χ4v) is 0.814. The minimum Gasteiger partial charge on any atom is -0.319 e. The smallest absolute Gasteiger partial charge is 0.176 e. The van der Waals surface area contributed by atoms with Gasteiger partial charge in [-0.05, 0) is 18.2 Å². The van der Waals surface area contributed by atoms with Crippen molar-refractivity contribution in [1.82, 2.24) is 5.32 Å². The molecule has 4 heteroatoms. The fraction of sp³-hybridized carbons (Fsp3) is 0.125. The second-order valence-corrected chi connectivity index (χ2v) is 2.20. The SMILES string of the molecule is N#CNCc1cc(F)ccc1F. The van der Waals surface area contributed by atoms with Gasteiger partial charge in [-0.15, -0.1) is 0 Å². The molecule has 0 spiro atoms. The zero-order valence-corrected chi connectivity index (χ0v) is 6.14. The van der Waals surface area contributed by atoms with Gasteiger partial charge in [-0.1, -0.05) is 0 Å². The topological polar surface area (TPSA) is 35.8 Å². The van der Waals surface area contributed by atoms with Gasteiger partial charge in [0.05, 0.1) is 6.54 Å². The number of hydrogen-bond acceptors (Lipinski definition) is 2. The van der Waals surface area contributed by atoms with Crippen LogP contribution in [0.4, 0.5) is 8.78 Å². The first-order chi connectivity index (χ1) is 5.74. The molecular weight excluding hydrogens is 162 g/mol. The number of nitrogens with one attached hydrogen (secondary N) is 1. The molecule has 0 bridgehead atoms. The van der Waals surface area contributed by atoms with E-state index in [-0.39, 0.29) is 12.1 Å². The molecule has 0 aliphatic rings. The van der Waals surface area contributed by atoms with E-state index in [2.05, 4.69) is 5.32 Å². The molecule has 0 atom stereocenters. The Hall–Kier alpha value is -1.63. The molecule has 1 rings (SSSR count). The van der Waals surface area contributed by atoms with E-state index >= 15 is 0 Å². The van der Waals surface area contributed by atoms with E-state index in [0.717, 1.165) is 18.2 Å². The van der Waals surface area contributed by atoms with E-state index in [1.807, 2.05) is 0 Å². The average molecular weight is 168 g/mol. The van der Waals surface area contributed by atoms with Crippen LogP contribution >= 0.6 is 0 Å². The van der Waals surface area contributed by atoms with Crippen LogP contribution in [0, 0.1) is 23.1 Å². The maximum atomic E-state index is 12.8. The van der Waals surface area contributed by atoms with Crippen molar-refractivity contribution in [1.29, 1.82) is 5.26 Å². The molecule has 0 radical (unpaired) electrons. The third kappa shape index (κ3) is 1.92. The van der Waals surface area contributed by atoms with Gasteiger partial charge in [0.2, 0.25) is 0 Å². The van der Waals surface area contributed by atoms with E-state index in [9.17, 15) is 8.78 Å². The van der Waals surface area contributed by atoms with Crippen molar-refractivity contribution in [2.45, 2.75) is 6.54 Å². The highest BCUT2D eigenvalue weighted by atomic mass is 19.1. The number of rotatable bonds is 2. The molecule has 0 saturated carbocycles. The Morgan fingerprint density at radius 2 is 2.17 bits per heavy atom. The minimum absolute atomic E-state index is 0.0140. The zero-order chi connectivity index (χ0) is 8.97. The van der Waals surface area contributed by atoms with Crippen molar-refractivity contribution in [2.24, 2.45) is 0 Å². The average Bonchev–Trinajstić information content (AvgIpc) is 2.07. The summed E-state index contributed by atoms with van der Waals surface area (Å²) in [5.41, 5.74) is 0.150. The van der Waals surface area contributed by atoms with Gasteiger partial charge in [-0.2, -0.15) is 5.26 Å². The summed E-state index contributed by atoms with van der Waals surface area (Å²) in [6, 6.07) is 3.12. The summed E-state index contributed by atoms with van der Waals surface area (Å²) < 4.78 is 25.3.